The molecule has 4 rings (SSSR count). The van der Waals surface area contributed by atoms with Crippen molar-refractivity contribution in [1.82, 2.24) is 4.90 Å². The van der Waals surface area contributed by atoms with Gasteiger partial charge in [-0.05, 0) is 79.3 Å². The molecule has 2 fully saturated rings. The number of piperazine rings is 1. The van der Waals surface area contributed by atoms with Crippen molar-refractivity contribution >= 4 is 17.3 Å². The van der Waals surface area contributed by atoms with Gasteiger partial charge in [0.1, 0.15) is 0 Å². The Morgan fingerprint density at radius 2 is 1.62 bits per heavy atom. The third-order valence-corrected chi connectivity index (χ3v) is 8.16. The van der Waals surface area contributed by atoms with Crippen LogP contribution in [0.1, 0.15) is 76.0 Å². The molecule has 1 saturated carbocycles. The SMILES string of the molecule is CC(C)(C)c1ccc(N2CCN(C(=O)CCC3CCC(Nc4ccc(C#N)c(C(F)(F)F)c4)CC3)CC2)cc1. The van der Waals surface area contributed by atoms with Crippen molar-refractivity contribution in [3.63, 3.8) is 0 Å². The number of nitrogens with zero attached hydrogens (tertiary/aromatic N) is 3. The molecule has 210 valence electrons. The first-order valence-corrected chi connectivity index (χ1v) is 13.9. The quantitative estimate of drug-likeness (QED) is 0.430. The Hall–Kier alpha value is -3.21. The van der Waals surface area contributed by atoms with Crippen LogP contribution in [0.4, 0.5) is 24.5 Å². The third kappa shape index (κ3) is 7.46. The van der Waals surface area contributed by atoms with Crippen LogP contribution in [0.5, 0.6) is 0 Å². The van der Waals surface area contributed by atoms with Gasteiger partial charge in [-0.3, -0.25) is 4.79 Å². The van der Waals surface area contributed by atoms with Gasteiger partial charge < -0.3 is 15.1 Å². The van der Waals surface area contributed by atoms with Crippen molar-refractivity contribution in [1.29, 1.82) is 5.26 Å². The number of hydrogen-bond donors (Lipinski definition) is 1. The molecule has 8 heteroatoms. The van der Waals surface area contributed by atoms with Gasteiger partial charge in [0.05, 0.1) is 17.2 Å². The second kappa shape index (κ2) is 11.9. The zero-order valence-electron chi connectivity index (χ0n) is 23.2. The molecule has 0 spiro atoms. The molecule has 1 heterocycles. The summed E-state index contributed by atoms with van der Waals surface area (Å²) in [5.74, 6) is 0.677. The molecule has 1 amide bonds. The van der Waals surface area contributed by atoms with Crippen LogP contribution in [0.3, 0.4) is 0 Å². The van der Waals surface area contributed by atoms with Gasteiger partial charge in [0, 0.05) is 50.0 Å². The van der Waals surface area contributed by atoms with Crippen LogP contribution in [-0.2, 0) is 16.4 Å². The van der Waals surface area contributed by atoms with Crippen molar-refractivity contribution < 1.29 is 18.0 Å². The van der Waals surface area contributed by atoms with E-state index in [1.807, 2.05) is 4.90 Å². The van der Waals surface area contributed by atoms with Crippen molar-refractivity contribution in [3.05, 3.63) is 59.2 Å². The van der Waals surface area contributed by atoms with E-state index in [1.54, 1.807) is 12.1 Å². The van der Waals surface area contributed by atoms with Crippen molar-refractivity contribution in [2.45, 2.75) is 76.9 Å². The second-order valence-electron chi connectivity index (χ2n) is 11.9. The molecule has 0 bridgehead atoms. The van der Waals surface area contributed by atoms with E-state index in [0.717, 1.165) is 64.3 Å². The number of amides is 1. The minimum atomic E-state index is -4.56. The first-order chi connectivity index (χ1) is 18.4. The zero-order chi connectivity index (χ0) is 28.2. The number of alkyl halides is 3. The fraction of sp³-hybridized carbons (Fsp3) is 0.548. The van der Waals surface area contributed by atoms with Gasteiger partial charge in [-0.15, -0.1) is 0 Å². The Morgan fingerprint density at radius 1 is 0.974 bits per heavy atom. The van der Waals surface area contributed by atoms with E-state index in [4.69, 9.17) is 5.26 Å². The highest BCUT2D eigenvalue weighted by Gasteiger charge is 2.34. The van der Waals surface area contributed by atoms with Gasteiger partial charge in [-0.2, -0.15) is 18.4 Å². The van der Waals surface area contributed by atoms with Crippen LogP contribution in [0.2, 0.25) is 0 Å². The van der Waals surface area contributed by atoms with Gasteiger partial charge in [0.25, 0.3) is 0 Å². The lowest BCUT2D eigenvalue weighted by Gasteiger charge is -2.37. The maximum atomic E-state index is 13.3. The van der Waals surface area contributed by atoms with E-state index in [-0.39, 0.29) is 22.9 Å². The summed E-state index contributed by atoms with van der Waals surface area (Å²) >= 11 is 0. The Morgan fingerprint density at radius 3 is 2.18 bits per heavy atom. The largest absolute Gasteiger partial charge is 0.417 e. The number of anilines is 2. The Kier molecular flexibility index (Phi) is 8.78. The monoisotopic (exact) mass is 540 g/mol. The highest BCUT2D eigenvalue weighted by Crippen LogP contribution is 2.35. The van der Waals surface area contributed by atoms with E-state index in [9.17, 15) is 18.0 Å². The molecular formula is C31H39F3N4O. The molecule has 2 aromatic carbocycles. The molecule has 0 aromatic heterocycles. The van der Waals surface area contributed by atoms with E-state index in [2.05, 4.69) is 55.3 Å². The highest BCUT2D eigenvalue weighted by atomic mass is 19.4. The standard InChI is InChI=1S/C31H39F3N4O/c1-30(2,3)24-8-13-27(14-9-24)37-16-18-38(19-17-37)29(39)15-6-22-4-10-25(11-5-22)36-26-12-7-23(21-35)28(20-26)31(32,33)34/h7-9,12-14,20,22,25,36H,4-6,10-11,15-19H2,1-3H3. The van der Waals surface area contributed by atoms with Crippen LogP contribution >= 0.6 is 0 Å². The number of nitriles is 1. The molecule has 1 aliphatic carbocycles. The molecule has 0 unspecified atom stereocenters. The molecule has 0 atom stereocenters. The molecular weight excluding hydrogens is 501 g/mol. The van der Waals surface area contributed by atoms with E-state index < -0.39 is 11.7 Å². The fourth-order valence-corrected chi connectivity index (χ4v) is 5.67. The maximum absolute atomic E-state index is 13.3. The third-order valence-electron chi connectivity index (χ3n) is 8.16. The molecule has 2 aliphatic rings. The van der Waals surface area contributed by atoms with Crippen LogP contribution in [0, 0.1) is 17.2 Å². The van der Waals surface area contributed by atoms with Gasteiger partial charge in [-0.1, -0.05) is 32.9 Å². The van der Waals surface area contributed by atoms with Crippen molar-refractivity contribution in [2.75, 3.05) is 36.4 Å². The minimum Gasteiger partial charge on any atom is -0.382 e. The average molecular weight is 541 g/mol. The highest BCUT2D eigenvalue weighted by molar-refractivity contribution is 5.76. The zero-order valence-corrected chi connectivity index (χ0v) is 23.2. The summed E-state index contributed by atoms with van der Waals surface area (Å²) in [7, 11) is 0. The van der Waals surface area contributed by atoms with Crippen molar-refractivity contribution in [3.8, 4) is 6.07 Å². The van der Waals surface area contributed by atoms with Gasteiger partial charge in [-0.25, -0.2) is 0 Å². The van der Waals surface area contributed by atoms with Crippen LogP contribution in [0.25, 0.3) is 0 Å². The van der Waals surface area contributed by atoms with Crippen LogP contribution < -0.4 is 10.2 Å². The lowest BCUT2D eigenvalue weighted by molar-refractivity contribution is -0.137. The summed E-state index contributed by atoms with van der Waals surface area (Å²) in [6, 6.07) is 14.3. The number of rotatable bonds is 6. The lowest BCUT2D eigenvalue weighted by Crippen LogP contribution is -2.48. The Labute approximate surface area is 230 Å². The minimum absolute atomic E-state index is 0.0940. The number of carbonyl (C=O) groups excluding carboxylic acids is 1. The van der Waals surface area contributed by atoms with E-state index >= 15 is 0 Å². The first kappa shape index (κ1) is 28.8. The normalized spacial score (nSPS) is 20.4. The number of nitrogens with one attached hydrogen (secondary N) is 1. The number of carbonyl (C=O) groups is 1. The number of hydrogen-bond acceptors (Lipinski definition) is 4. The Balaban J connectivity index is 1.18. The van der Waals surface area contributed by atoms with E-state index in [0.29, 0.717) is 18.0 Å². The molecule has 1 aliphatic heterocycles. The molecule has 5 nitrogen and oxygen atoms in total. The number of halogens is 3. The Bertz CT molecular complexity index is 1160. The smallest absolute Gasteiger partial charge is 0.382 e. The van der Waals surface area contributed by atoms with Gasteiger partial charge in [0.2, 0.25) is 5.91 Å². The summed E-state index contributed by atoms with van der Waals surface area (Å²) in [4.78, 5) is 17.2. The predicted molar refractivity (Wildman–Crippen MR) is 149 cm³/mol. The lowest BCUT2D eigenvalue weighted by atomic mass is 9.83. The van der Waals surface area contributed by atoms with Gasteiger partial charge >= 0.3 is 6.18 Å². The molecule has 1 saturated heterocycles. The fourth-order valence-electron chi connectivity index (χ4n) is 5.67. The molecule has 39 heavy (non-hydrogen) atoms. The topological polar surface area (TPSA) is 59.4 Å². The van der Waals surface area contributed by atoms with Crippen LogP contribution in [-0.4, -0.2) is 43.0 Å². The van der Waals surface area contributed by atoms with Crippen LogP contribution in [0.15, 0.2) is 42.5 Å². The van der Waals surface area contributed by atoms with E-state index in [1.165, 1.54) is 17.3 Å². The van der Waals surface area contributed by atoms with Gasteiger partial charge in [0.15, 0.2) is 0 Å². The summed E-state index contributed by atoms with van der Waals surface area (Å²) in [6.07, 6.45) is 0.456. The number of benzene rings is 2. The van der Waals surface area contributed by atoms with Crippen molar-refractivity contribution in [2.24, 2.45) is 5.92 Å². The molecule has 0 radical (unpaired) electrons. The molecule has 1 N–H and O–H groups in total. The summed E-state index contributed by atoms with van der Waals surface area (Å²) in [5.41, 5.74) is 1.78. The summed E-state index contributed by atoms with van der Waals surface area (Å²) in [6.45, 7) is 9.78. The summed E-state index contributed by atoms with van der Waals surface area (Å²) in [5, 5.41) is 12.2. The summed E-state index contributed by atoms with van der Waals surface area (Å²) < 4.78 is 39.8. The predicted octanol–water partition coefficient (Wildman–Crippen LogP) is 6.97. The average Bonchev–Trinajstić information content (AvgIpc) is 2.91. The maximum Gasteiger partial charge on any atom is 0.417 e. The first-order valence-electron chi connectivity index (χ1n) is 13.9. The molecule has 2 aromatic rings. The second-order valence-corrected chi connectivity index (χ2v) is 11.9.